The second kappa shape index (κ2) is 2.75. The van der Waals surface area contributed by atoms with Crippen molar-refractivity contribution in [2.45, 2.75) is 12.5 Å². The van der Waals surface area contributed by atoms with Gasteiger partial charge in [0.05, 0.1) is 0 Å². The Labute approximate surface area is 70.0 Å². The van der Waals surface area contributed by atoms with E-state index in [4.69, 9.17) is 0 Å². The Bertz CT molecular complexity index is 297. The van der Waals surface area contributed by atoms with Gasteiger partial charge in [0.25, 0.3) is 0 Å². The van der Waals surface area contributed by atoms with E-state index < -0.39 is 5.82 Å². The smallest absolute Gasteiger partial charge is 0.165 e. The van der Waals surface area contributed by atoms with Gasteiger partial charge in [-0.3, -0.25) is 0 Å². The van der Waals surface area contributed by atoms with Crippen LogP contribution in [-0.4, -0.2) is 11.7 Å². The summed E-state index contributed by atoms with van der Waals surface area (Å²) in [6.07, 6.45) is 0.969. The molecule has 1 atom stereocenters. The van der Waals surface area contributed by atoms with Crippen LogP contribution in [0, 0.1) is 5.82 Å². The van der Waals surface area contributed by atoms with Crippen LogP contribution in [-0.2, 0) is 0 Å². The average molecular weight is 167 g/mol. The number of para-hydroxylation sites is 1. The second-order valence-corrected chi connectivity index (χ2v) is 2.97. The van der Waals surface area contributed by atoms with Crippen LogP contribution < -0.4 is 5.32 Å². The monoisotopic (exact) mass is 167 g/mol. The van der Waals surface area contributed by atoms with Crippen LogP contribution in [0.15, 0.2) is 18.2 Å². The molecule has 0 aliphatic carbocycles. The Morgan fingerprint density at radius 3 is 2.83 bits per heavy atom. The third-order valence-electron chi connectivity index (χ3n) is 2.22. The third-order valence-corrected chi connectivity index (χ3v) is 2.22. The summed E-state index contributed by atoms with van der Waals surface area (Å²) in [5.74, 6) is -0.754. The molecule has 0 radical (unpaired) electrons. The molecule has 1 saturated heterocycles. The van der Waals surface area contributed by atoms with Crippen molar-refractivity contribution in [2.24, 2.45) is 0 Å². The van der Waals surface area contributed by atoms with E-state index in [1.54, 1.807) is 12.1 Å². The summed E-state index contributed by atoms with van der Waals surface area (Å²) < 4.78 is 12.8. The SMILES string of the molecule is Oc1c(F)cccc1[C@@H]1CCN1. The largest absolute Gasteiger partial charge is 0.505 e. The number of halogens is 1. The van der Waals surface area contributed by atoms with Crippen molar-refractivity contribution in [1.82, 2.24) is 5.32 Å². The number of aromatic hydroxyl groups is 1. The highest BCUT2D eigenvalue weighted by molar-refractivity contribution is 5.36. The molecule has 1 aliphatic heterocycles. The van der Waals surface area contributed by atoms with E-state index in [-0.39, 0.29) is 11.8 Å². The van der Waals surface area contributed by atoms with Gasteiger partial charge in [-0.25, -0.2) is 4.39 Å². The molecule has 1 heterocycles. The van der Waals surface area contributed by atoms with Gasteiger partial charge in [0.2, 0.25) is 0 Å². The van der Waals surface area contributed by atoms with Gasteiger partial charge in [0, 0.05) is 11.6 Å². The Morgan fingerprint density at radius 1 is 1.50 bits per heavy atom. The van der Waals surface area contributed by atoms with Gasteiger partial charge in [-0.15, -0.1) is 0 Å². The molecule has 12 heavy (non-hydrogen) atoms. The molecule has 1 fully saturated rings. The molecule has 1 aliphatic rings. The first-order valence-electron chi connectivity index (χ1n) is 4.00. The van der Waals surface area contributed by atoms with E-state index in [2.05, 4.69) is 5.32 Å². The topological polar surface area (TPSA) is 32.3 Å². The second-order valence-electron chi connectivity index (χ2n) is 2.97. The third kappa shape index (κ3) is 1.06. The quantitative estimate of drug-likeness (QED) is 0.665. The molecule has 0 unspecified atom stereocenters. The summed E-state index contributed by atoms with van der Waals surface area (Å²) >= 11 is 0. The summed E-state index contributed by atoms with van der Waals surface area (Å²) in [5.41, 5.74) is 0.668. The summed E-state index contributed by atoms with van der Waals surface area (Å²) in [6, 6.07) is 4.76. The molecule has 0 bridgehead atoms. The van der Waals surface area contributed by atoms with Crippen LogP contribution in [0.4, 0.5) is 4.39 Å². The van der Waals surface area contributed by atoms with Crippen LogP contribution in [0.25, 0.3) is 0 Å². The minimum absolute atomic E-state index is 0.140. The maximum Gasteiger partial charge on any atom is 0.165 e. The molecule has 0 spiro atoms. The van der Waals surface area contributed by atoms with Gasteiger partial charge < -0.3 is 10.4 Å². The lowest BCUT2D eigenvalue weighted by Gasteiger charge is -2.28. The highest BCUT2D eigenvalue weighted by Crippen LogP contribution is 2.31. The van der Waals surface area contributed by atoms with E-state index in [1.807, 2.05) is 0 Å². The van der Waals surface area contributed by atoms with Crippen molar-refractivity contribution in [3.63, 3.8) is 0 Å². The predicted octanol–water partition coefficient (Wildman–Crippen LogP) is 1.57. The molecule has 0 amide bonds. The average Bonchev–Trinajstić information content (AvgIpc) is 1.95. The number of phenols is 1. The predicted molar refractivity (Wildman–Crippen MR) is 43.4 cm³/mol. The lowest BCUT2D eigenvalue weighted by molar-refractivity contribution is 0.355. The van der Waals surface area contributed by atoms with E-state index >= 15 is 0 Å². The molecule has 2 rings (SSSR count). The van der Waals surface area contributed by atoms with Gasteiger partial charge in [-0.05, 0) is 19.0 Å². The van der Waals surface area contributed by atoms with Crippen molar-refractivity contribution in [2.75, 3.05) is 6.54 Å². The summed E-state index contributed by atoms with van der Waals surface area (Å²) in [7, 11) is 0. The van der Waals surface area contributed by atoms with E-state index in [1.165, 1.54) is 6.07 Å². The van der Waals surface area contributed by atoms with Gasteiger partial charge in [-0.1, -0.05) is 12.1 Å². The number of hydrogen-bond donors (Lipinski definition) is 2. The zero-order chi connectivity index (χ0) is 8.55. The van der Waals surface area contributed by atoms with Crippen molar-refractivity contribution >= 4 is 0 Å². The first kappa shape index (κ1) is 7.55. The molecule has 1 aromatic carbocycles. The number of benzene rings is 1. The minimum Gasteiger partial charge on any atom is -0.505 e. The fraction of sp³-hybridized carbons (Fsp3) is 0.333. The summed E-state index contributed by atoms with van der Waals surface area (Å²) in [6.45, 7) is 0.945. The number of nitrogens with one attached hydrogen (secondary N) is 1. The van der Waals surface area contributed by atoms with Gasteiger partial charge in [-0.2, -0.15) is 0 Å². The lowest BCUT2D eigenvalue weighted by Crippen LogP contribution is -2.34. The minimum atomic E-state index is -0.541. The van der Waals surface area contributed by atoms with Crippen LogP contribution in [0.5, 0.6) is 5.75 Å². The van der Waals surface area contributed by atoms with Crippen LogP contribution in [0.3, 0.4) is 0 Å². The molecule has 3 heteroatoms. The summed E-state index contributed by atoms with van der Waals surface area (Å²) in [4.78, 5) is 0. The van der Waals surface area contributed by atoms with Gasteiger partial charge >= 0.3 is 0 Å². The summed E-state index contributed by atoms with van der Waals surface area (Å²) in [5, 5.41) is 12.4. The van der Waals surface area contributed by atoms with E-state index in [0.717, 1.165) is 13.0 Å². The van der Waals surface area contributed by atoms with E-state index in [0.29, 0.717) is 5.56 Å². The Kier molecular flexibility index (Phi) is 1.73. The molecular weight excluding hydrogens is 157 g/mol. The first-order chi connectivity index (χ1) is 5.79. The molecule has 0 aromatic heterocycles. The first-order valence-corrected chi connectivity index (χ1v) is 4.00. The van der Waals surface area contributed by atoms with Crippen LogP contribution >= 0.6 is 0 Å². The molecule has 0 saturated carbocycles. The highest BCUT2D eigenvalue weighted by atomic mass is 19.1. The van der Waals surface area contributed by atoms with E-state index in [9.17, 15) is 9.50 Å². The Hall–Kier alpha value is -1.09. The standard InChI is InChI=1S/C9H10FNO/c10-7-3-1-2-6(9(7)12)8-4-5-11-8/h1-3,8,11-12H,4-5H2/t8-/m0/s1. The fourth-order valence-corrected chi connectivity index (χ4v) is 1.37. The van der Waals surface area contributed by atoms with Gasteiger partial charge in [0.15, 0.2) is 11.6 Å². The van der Waals surface area contributed by atoms with Crippen molar-refractivity contribution < 1.29 is 9.50 Å². The molecule has 2 nitrogen and oxygen atoms in total. The number of hydrogen-bond acceptors (Lipinski definition) is 2. The molecule has 64 valence electrons. The zero-order valence-corrected chi connectivity index (χ0v) is 6.55. The lowest BCUT2D eigenvalue weighted by atomic mass is 9.97. The number of rotatable bonds is 1. The Balaban J connectivity index is 2.36. The van der Waals surface area contributed by atoms with Crippen molar-refractivity contribution in [3.05, 3.63) is 29.6 Å². The van der Waals surface area contributed by atoms with Gasteiger partial charge in [0.1, 0.15) is 0 Å². The van der Waals surface area contributed by atoms with Crippen molar-refractivity contribution in [1.29, 1.82) is 0 Å². The maximum absolute atomic E-state index is 12.8. The molecule has 2 N–H and O–H groups in total. The van der Waals surface area contributed by atoms with Crippen LogP contribution in [0.2, 0.25) is 0 Å². The molecular formula is C9H10FNO. The number of phenolic OH excluding ortho intramolecular Hbond substituents is 1. The van der Waals surface area contributed by atoms with Crippen LogP contribution in [0.1, 0.15) is 18.0 Å². The normalized spacial score (nSPS) is 21.9. The van der Waals surface area contributed by atoms with Crippen molar-refractivity contribution in [3.8, 4) is 5.75 Å². The fourth-order valence-electron chi connectivity index (χ4n) is 1.37. The highest BCUT2D eigenvalue weighted by Gasteiger charge is 2.22. The maximum atomic E-state index is 12.8. The zero-order valence-electron chi connectivity index (χ0n) is 6.55. The molecule has 1 aromatic rings. The Morgan fingerprint density at radius 2 is 2.25 bits per heavy atom.